The molecule has 0 bridgehead atoms. The van der Waals surface area contributed by atoms with Gasteiger partial charge < -0.3 is 18.9 Å². The first-order valence-corrected chi connectivity index (χ1v) is 11.3. The fourth-order valence-electron chi connectivity index (χ4n) is 3.50. The maximum atomic E-state index is 11.8. The summed E-state index contributed by atoms with van der Waals surface area (Å²) >= 11 is 0. The first-order chi connectivity index (χ1) is 15.4. The molecule has 0 heterocycles. The van der Waals surface area contributed by atoms with Crippen molar-refractivity contribution in [1.82, 2.24) is 0 Å². The third-order valence-corrected chi connectivity index (χ3v) is 5.29. The average Bonchev–Trinajstić information content (AvgIpc) is 2.74. The SMILES string of the molecule is CCOC(=O)/C=C/c1ccc(OCOC)c(-c2cc(C(C)(C)C)cc(C(C)(C)C)c2OC)c1. The van der Waals surface area contributed by atoms with E-state index in [1.807, 2.05) is 18.2 Å². The molecule has 0 aliphatic rings. The Kier molecular flexibility index (Phi) is 8.73. The summed E-state index contributed by atoms with van der Waals surface area (Å²) in [6, 6.07) is 10.2. The maximum Gasteiger partial charge on any atom is 0.330 e. The molecule has 5 heteroatoms. The number of benzene rings is 2. The maximum absolute atomic E-state index is 11.8. The second kappa shape index (κ2) is 10.9. The molecule has 0 spiro atoms. The Balaban J connectivity index is 2.80. The second-order valence-electron chi connectivity index (χ2n) is 10.00. The summed E-state index contributed by atoms with van der Waals surface area (Å²) in [7, 11) is 3.29. The van der Waals surface area contributed by atoms with Gasteiger partial charge in [-0.3, -0.25) is 0 Å². The second-order valence-corrected chi connectivity index (χ2v) is 10.00. The predicted molar refractivity (Wildman–Crippen MR) is 134 cm³/mol. The van der Waals surface area contributed by atoms with Crippen molar-refractivity contribution < 1.29 is 23.7 Å². The lowest BCUT2D eigenvalue weighted by atomic mass is 9.78. The van der Waals surface area contributed by atoms with Gasteiger partial charge >= 0.3 is 5.97 Å². The van der Waals surface area contributed by atoms with Crippen molar-refractivity contribution in [2.75, 3.05) is 27.6 Å². The smallest absolute Gasteiger partial charge is 0.330 e. The third-order valence-electron chi connectivity index (χ3n) is 5.29. The highest BCUT2D eigenvalue weighted by Crippen LogP contribution is 2.45. The molecule has 0 aromatic heterocycles. The van der Waals surface area contributed by atoms with Crippen LogP contribution in [-0.4, -0.2) is 33.6 Å². The van der Waals surface area contributed by atoms with Crippen LogP contribution in [0.5, 0.6) is 11.5 Å². The van der Waals surface area contributed by atoms with E-state index in [9.17, 15) is 4.79 Å². The highest BCUT2D eigenvalue weighted by Gasteiger charge is 2.27. The summed E-state index contributed by atoms with van der Waals surface area (Å²) in [5.41, 5.74) is 4.79. The molecule has 5 nitrogen and oxygen atoms in total. The molecule has 0 N–H and O–H groups in total. The summed E-state index contributed by atoms with van der Waals surface area (Å²) in [6.07, 6.45) is 3.17. The van der Waals surface area contributed by atoms with Gasteiger partial charge in [-0.2, -0.15) is 0 Å². The number of carbonyl (C=O) groups excluding carboxylic acids is 1. The number of hydrogen-bond acceptors (Lipinski definition) is 5. The summed E-state index contributed by atoms with van der Waals surface area (Å²) in [4.78, 5) is 11.8. The van der Waals surface area contributed by atoms with Crippen LogP contribution < -0.4 is 9.47 Å². The van der Waals surface area contributed by atoms with E-state index in [4.69, 9.17) is 18.9 Å². The largest absolute Gasteiger partial charge is 0.496 e. The van der Waals surface area contributed by atoms with Crippen molar-refractivity contribution in [3.63, 3.8) is 0 Å². The lowest BCUT2D eigenvalue weighted by molar-refractivity contribution is -0.137. The highest BCUT2D eigenvalue weighted by atomic mass is 16.7. The Morgan fingerprint density at radius 3 is 2.18 bits per heavy atom. The van der Waals surface area contributed by atoms with E-state index in [0.29, 0.717) is 12.4 Å². The Hall–Kier alpha value is -2.79. The Morgan fingerprint density at radius 1 is 0.939 bits per heavy atom. The number of hydrogen-bond donors (Lipinski definition) is 0. The zero-order chi connectivity index (χ0) is 24.8. The quantitative estimate of drug-likeness (QED) is 0.258. The summed E-state index contributed by atoms with van der Waals surface area (Å²) in [5.74, 6) is 1.11. The molecule has 33 heavy (non-hydrogen) atoms. The van der Waals surface area contributed by atoms with Crippen LogP contribution in [0.25, 0.3) is 17.2 Å². The lowest BCUT2D eigenvalue weighted by Gasteiger charge is -2.29. The van der Waals surface area contributed by atoms with E-state index in [1.165, 1.54) is 11.6 Å². The molecule has 0 amide bonds. The summed E-state index contributed by atoms with van der Waals surface area (Å²) in [6.45, 7) is 15.4. The van der Waals surface area contributed by atoms with Crippen LogP contribution in [0.1, 0.15) is 65.2 Å². The van der Waals surface area contributed by atoms with Gasteiger partial charge in [0.2, 0.25) is 0 Å². The zero-order valence-corrected chi connectivity index (χ0v) is 21.5. The van der Waals surface area contributed by atoms with E-state index in [1.54, 1.807) is 27.2 Å². The topological polar surface area (TPSA) is 54.0 Å². The standard InChI is InChI=1S/C28H38O5/c1-10-32-25(29)14-12-19-11-13-24(33-18-30-8)21(15-19)22-16-20(27(2,3)4)17-23(26(22)31-9)28(5,6)7/h11-17H,10,18H2,1-9H3/b14-12+. The normalized spacial score (nSPS) is 12.2. The summed E-state index contributed by atoms with van der Waals surface area (Å²) < 4.78 is 22.1. The van der Waals surface area contributed by atoms with Gasteiger partial charge in [-0.05, 0) is 53.2 Å². The van der Waals surface area contributed by atoms with E-state index >= 15 is 0 Å². The van der Waals surface area contributed by atoms with Gasteiger partial charge in [0, 0.05) is 29.9 Å². The van der Waals surface area contributed by atoms with Crippen LogP contribution >= 0.6 is 0 Å². The molecule has 2 aromatic carbocycles. The average molecular weight is 455 g/mol. The molecule has 0 atom stereocenters. The number of methoxy groups -OCH3 is 2. The van der Waals surface area contributed by atoms with Crippen molar-refractivity contribution in [3.05, 3.63) is 53.1 Å². The van der Waals surface area contributed by atoms with Gasteiger partial charge in [-0.15, -0.1) is 0 Å². The van der Waals surface area contributed by atoms with Crippen LogP contribution in [-0.2, 0) is 25.1 Å². The molecular formula is C28H38O5. The number of carbonyl (C=O) groups is 1. The third kappa shape index (κ3) is 6.84. The molecule has 0 saturated heterocycles. The predicted octanol–water partition coefficient (Wildman–Crippen LogP) is 6.52. The number of esters is 1. The van der Waals surface area contributed by atoms with Crippen LogP contribution in [0.4, 0.5) is 0 Å². The fourth-order valence-corrected chi connectivity index (χ4v) is 3.50. The molecule has 0 unspecified atom stereocenters. The highest BCUT2D eigenvalue weighted by molar-refractivity contribution is 5.88. The molecule has 0 aliphatic carbocycles. The van der Waals surface area contributed by atoms with Gasteiger partial charge in [0.1, 0.15) is 11.5 Å². The Labute approximate surface area is 198 Å². The van der Waals surface area contributed by atoms with Gasteiger partial charge in [0.25, 0.3) is 0 Å². The number of ether oxygens (including phenoxy) is 4. The first kappa shape index (κ1) is 26.5. The van der Waals surface area contributed by atoms with Crippen LogP contribution in [0.15, 0.2) is 36.4 Å². The first-order valence-electron chi connectivity index (χ1n) is 11.3. The Morgan fingerprint density at radius 2 is 1.64 bits per heavy atom. The minimum absolute atomic E-state index is 0.0595. The molecule has 0 saturated carbocycles. The lowest BCUT2D eigenvalue weighted by Crippen LogP contribution is -2.18. The van der Waals surface area contributed by atoms with Crippen molar-refractivity contribution in [1.29, 1.82) is 0 Å². The van der Waals surface area contributed by atoms with E-state index in [-0.39, 0.29) is 23.6 Å². The van der Waals surface area contributed by atoms with Gasteiger partial charge in [-0.25, -0.2) is 4.79 Å². The van der Waals surface area contributed by atoms with E-state index in [0.717, 1.165) is 28.0 Å². The molecule has 2 aromatic rings. The fraction of sp³-hybridized carbons (Fsp3) is 0.464. The molecule has 2 rings (SSSR count). The molecule has 180 valence electrons. The van der Waals surface area contributed by atoms with Gasteiger partial charge in [0.05, 0.1) is 13.7 Å². The molecular weight excluding hydrogens is 416 g/mol. The van der Waals surface area contributed by atoms with Gasteiger partial charge in [0.15, 0.2) is 6.79 Å². The van der Waals surface area contributed by atoms with Crippen molar-refractivity contribution in [2.24, 2.45) is 0 Å². The van der Waals surface area contributed by atoms with E-state index in [2.05, 4.69) is 53.7 Å². The van der Waals surface area contributed by atoms with Gasteiger partial charge in [-0.1, -0.05) is 53.7 Å². The number of rotatable bonds is 8. The van der Waals surface area contributed by atoms with Crippen LogP contribution in [0, 0.1) is 0 Å². The minimum Gasteiger partial charge on any atom is -0.496 e. The van der Waals surface area contributed by atoms with Crippen molar-refractivity contribution >= 4 is 12.0 Å². The Bertz CT molecular complexity index is 991. The zero-order valence-electron chi connectivity index (χ0n) is 21.5. The van der Waals surface area contributed by atoms with Crippen molar-refractivity contribution in [2.45, 2.75) is 59.3 Å². The molecule has 0 fully saturated rings. The van der Waals surface area contributed by atoms with Crippen molar-refractivity contribution in [3.8, 4) is 22.6 Å². The van der Waals surface area contributed by atoms with Crippen LogP contribution in [0.2, 0.25) is 0 Å². The molecule has 0 aliphatic heterocycles. The monoisotopic (exact) mass is 454 g/mol. The minimum atomic E-state index is -0.374. The summed E-state index contributed by atoms with van der Waals surface area (Å²) in [5, 5.41) is 0. The van der Waals surface area contributed by atoms with E-state index < -0.39 is 0 Å². The van der Waals surface area contributed by atoms with Crippen LogP contribution in [0.3, 0.4) is 0 Å². The molecule has 0 radical (unpaired) electrons.